The van der Waals surface area contributed by atoms with E-state index in [9.17, 15) is 13.2 Å². The molecule has 1 amide bonds. The fourth-order valence-electron chi connectivity index (χ4n) is 3.34. The summed E-state index contributed by atoms with van der Waals surface area (Å²) in [5, 5.41) is 1.12. The minimum Gasteiger partial charge on any atom is -0.497 e. The van der Waals surface area contributed by atoms with E-state index in [1.807, 2.05) is 38.1 Å². The van der Waals surface area contributed by atoms with Crippen LogP contribution in [0.25, 0.3) is 10.2 Å². The molecule has 7 nitrogen and oxygen atoms in total. The lowest BCUT2D eigenvalue weighted by molar-refractivity contribution is -0.118. The Balaban J connectivity index is 1.82. The zero-order chi connectivity index (χ0) is 24.2. The normalized spacial score (nSPS) is 11.8. The highest BCUT2D eigenvalue weighted by atomic mass is 35.5. The maximum absolute atomic E-state index is 13.2. The van der Waals surface area contributed by atoms with E-state index in [0.717, 1.165) is 28.7 Å². The molecular weight excluding hydrogens is 482 g/mol. The molecule has 2 aromatic carbocycles. The highest BCUT2D eigenvalue weighted by molar-refractivity contribution is 7.91. The third-order valence-corrected chi connectivity index (χ3v) is 8.48. The van der Waals surface area contributed by atoms with Gasteiger partial charge in [0, 0.05) is 13.0 Å². The third-order valence-electron chi connectivity index (χ3n) is 5.21. The first-order chi connectivity index (χ1) is 15.6. The van der Waals surface area contributed by atoms with E-state index in [4.69, 9.17) is 16.3 Å². The summed E-state index contributed by atoms with van der Waals surface area (Å²) in [6.07, 6.45) is 0.589. The topological polar surface area (TPSA) is 79.8 Å². The van der Waals surface area contributed by atoms with E-state index in [1.165, 1.54) is 30.6 Å². The van der Waals surface area contributed by atoms with Crippen LogP contribution in [0.3, 0.4) is 0 Å². The van der Waals surface area contributed by atoms with Crippen molar-refractivity contribution in [2.24, 2.45) is 0 Å². The molecule has 0 saturated heterocycles. The van der Waals surface area contributed by atoms with Crippen LogP contribution in [0.5, 0.6) is 5.75 Å². The first-order valence-corrected chi connectivity index (χ1v) is 13.3. The number of amides is 1. The molecule has 3 rings (SSSR count). The van der Waals surface area contributed by atoms with Crippen molar-refractivity contribution in [1.29, 1.82) is 0 Å². The van der Waals surface area contributed by atoms with Gasteiger partial charge in [0.15, 0.2) is 15.0 Å². The molecule has 0 fully saturated rings. The summed E-state index contributed by atoms with van der Waals surface area (Å²) in [6, 6.07) is 9.89. The lowest BCUT2D eigenvalue weighted by atomic mass is 10.2. The molecule has 0 radical (unpaired) electrons. The Labute approximate surface area is 203 Å². The Kier molecular flexibility index (Phi) is 8.33. The molecule has 0 unspecified atom stereocenters. The second-order valence-electron chi connectivity index (χ2n) is 7.99. The monoisotopic (exact) mass is 509 g/mol. The van der Waals surface area contributed by atoms with Crippen LogP contribution >= 0.6 is 22.9 Å². The number of rotatable bonds is 10. The van der Waals surface area contributed by atoms with Gasteiger partial charge in [0.25, 0.3) is 0 Å². The number of carbonyl (C=O) groups excluding carboxylic acids is 1. The summed E-state index contributed by atoms with van der Waals surface area (Å²) in [7, 11) is 1.83. The standard InChI is InChI=1S/C23H28ClN3O4S2/c1-16-6-11-19(24)22-21(16)25-23(32-22)27(14-5-13-26(2)3)20(28)12-15-33(29,30)18-9-7-17(31-4)8-10-18/h6-11H,5,12-15H2,1-4H3. The van der Waals surface area contributed by atoms with E-state index in [1.54, 1.807) is 17.0 Å². The quantitative estimate of drug-likeness (QED) is 0.402. The first-order valence-electron chi connectivity index (χ1n) is 10.5. The van der Waals surface area contributed by atoms with Crippen LogP contribution in [0, 0.1) is 6.92 Å². The van der Waals surface area contributed by atoms with Gasteiger partial charge >= 0.3 is 0 Å². The van der Waals surface area contributed by atoms with E-state index >= 15 is 0 Å². The Morgan fingerprint density at radius 1 is 1.12 bits per heavy atom. The number of anilines is 1. The van der Waals surface area contributed by atoms with Gasteiger partial charge in [-0.3, -0.25) is 9.69 Å². The number of nitrogens with zero attached hydrogens (tertiary/aromatic N) is 3. The van der Waals surface area contributed by atoms with Crippen molar-refractivity contribution in [3.8, 4) is 5.75 Å². The summed E-state index contributed by atoms with van der Waals surface area (Å²) in [5.74, 6) is 0.00748. The molecule has 3 aromatic rings. The predicted molar refractivity (Wildman–Crippen MR) is 135 cm³/mol. The van der Waals surface area contributed by atoms with Crippen LogP contribution in [-0.4, -0.2) is 64.3 Å². The second-order valence-corrected chi connectivity index (χ2v) is 11.5. The lowest BCUT2D eigenvalue weighted by Gasteiger charge is -2.21. The Bertz CT molecular complexity index is 1190. The Morgan fingerprint density at radius 3 is 2.42 bits per heavy atom. The van der Waals surface area contributed by atoms with Gasteiger partial charge < -0.3 is 9.64 Å². The van der Waals surface area contributed by atoms with Crippen LogP contribution in [0.15, 0.2) is 41.3 Å². The molecule has 0 spiro atoms. The van der Waals surface area contributed by atoms with Gasteiger partial charge in [0.2, 0.25) is 5.91 Å². The van der Waals surface area contributed by atoms with Gasteiger partial charge in [-0.15, -0.1) is 0 Å². The Hall–Kier alpha value is -2.20. The molecule has 33 heavy (non-hydrogen) atoms. The number of fused-ring (bicyclic) bond motifs is 1. The van der Waals surface area contributed by atoms with Gasteiger partial charge in [0.05, 0.1) is 33.0 Å². The maximum atomic E-state index is 13.2. The van der Waals surface area contributed by atoms with Crippen LogP contribution in [0.2, 0.25) is 5.02 Å². The van der Waals surface area contributed by atoms with Gasteiger partial charge in [-0.05, 0) is 69.9 Å². The average Bonchev–Trinajstić information content (AvgIpc) is 3.24. The van der Waals surface area contributed by atoms with Crippen molar-refractivity contribution in [2.45, 2.75) is 24.7 Å². The minimum atomic E-state index is -3.62. The van der Waals surface area contributed by atoms with Crippen molar-refractivity contribution in [3.63, 3.8) is 0 Å². The summed E-state index contributed by atoms with van der Waals surface area (Å²) in [6.45, 7) is 3.18. The van der Waals surface area contributed by atoms with Crippen LogP contribution in [-0.2, 0) is 14.6 Å². The number of thiazole rings is 1. The highest BCUT2D eigenvalue weighted by Crippen LogP contribution is 2.36. The number of aromatic nitrogens is 1. The van der Waals surface area contributed by atoms with Crippen molar-refractivity contribution < 1.29 is 17.9 Å². The SMILES string of the molecule is COc1ccc(S(=O)(=O)CCC(=O)N(CCCN(C)C)c2nc3c(C)ccc(Cl)c3s2)cc1. The number of sulfone groups is 1. The van der Waals surface area contributed by atoms with Gasteiger partial charge in [-0.25, -0.2) is 13.4 Å². The van der Waals surface area contributed by atoms with Gasteiger partial charge in [-0.2, -0.15) is 0 Å². The largest absolute Gasteiger partial charge is 0.497 e. The van der Waals surface area contributed by atoms with Gasteiger partial charge in [0.1, 0.15) is 5.75 Å². The van der Waals surface area contributed by atoms with Crippen molar-refractivity contribution >= 4 is 54.0 Å². The molecule has 10 heteroatoms. The molecule has 0 atom stereocenters. The van der Waals surface area contributed by atoms with Crippen LogP contribution < -0.4 is 9.64 Å². The minimum absolute atomic E-state index is 0.140. The average molecular weight is 510 g/mol. The third kappa shape index (κ3) is 6.23. The molecular formula is C23H28ClN3O4S2. The molecule has 0 saturated carbocycles. The smallest absolute Gasteiger partial charge is 0.229 e. The van der Waals surface area contributed by atoms with Crippen molar-refractivity contribution in [1.82, 2.24) is 9.88 Å². The number of halogens is 1. The van der Waals surface area contributed by atoms with Gasteiger partial charge in [-0.1, -0.05) is 29.0 Å². The first kappa shape index (κ1) is 25.4. The molecule has 178 valence electrons. The molecule has 0 bridgehead atoms. The van der Waals surface area contributed by atoms with Crippen molar-refractivity contribution in [3.05, 3.63) is 47.0 Å². The molecule has 0 aliphatic heterocycles. The fraction of sp³-hybridized carbons (Fsp3) is 0.391. The number of hydrogen-bond donors (Lipinski definition) is 0. The summed E-state index contributed by atoms with van der Waals surface area (Å²) >= 11 is 7.71. The predicted octanol–water partition coefficient (Wildman–Crippen LogP) is 4.42. The molecule has 0 N–H and O–H groups in total. The number of aryl methyl sites for hydroxylation is 1. The number of carbonyl (C=O) groups is 1. The fourth-order valence-corrected chi connectivity index (χ4v) is 5.93. The van der Waals surface area contributed by atoms with Crippen molar-refractivity contribution in [2.75, 3.05) is 44.9 Å². The summed E-state index contributed by atoms with van der Waals surface area (Å²) < 4.78 is 31.5. The second kappa shape index (κ2) is 10.8. The maximum Gasteiger partial charge on any atom is 0.229 e. The highest BCUT2D eigenvalue weighted by Gasteiger charge is 2.24. The number of hydrogen-bond acceptors (Lipinski definition) is 7. The molecule has 1 aromatic heterocycles. The van der Waals surface area contributed by atoms with Crippen LogP contribution in [0.4, 0.5) is 5.13 Å². The lowest BCUT2D eigenvalue weighted by Crippen LogP contribution is -2.34. The number of ether oxygens (including phenoxy) is 1. The zero-order valence-corrected chi connectivity index (χ0v) is 21.6. The molecule has 0 aliphatic carbocycles. The van der Waals surface area contributed by atoms with Crippen LogP contribution in [0.1, 0.15) is 18.4 Å². The molecule has 1 heterocycles. The zero-order valence-electron chi connectivity index (χ0n) is 19.2. The summed E-state index contributed by atoms with van der Waals surface area (Å²) in [4.78, 5) is 21.7. The van der Waals surface area contributed by atoms with E-state index in [2.05, 4.69) is 4.98 Å². The summed E-state index contributed by atoms with van der Waals surface area (Å²) in [5.41, 5.74) is 1.73. The van der Waals surface area contributed by atoms with E-state index in [0.29, 0.717) is 22.4 Å². The van der Waals surface area contributed by atoms with E-state index < -0.39 is 9.84 Å². The Morgan fingerprint density at radius 2 is 1.82 bits per heavy atom. The van der Waals surface area contributed by atoms with E-state index in [-0.39, 0.29) is 23.0 Å². The number of methoxy groups -OCH3 is 1. The molecule has 0 aliphatic rings. The number of benzene rings is 2.